The molecule has 0 unspecified atom stereocenters. The lowest BCUT2D eigenvalue weighted by Crippen LogP contribution is -2.01. The Bertz CT molecular complexity index is 1020. The van der Waals surface area contributed by atoms with Crippen molar-refractivity contribution >= 4 is 23.5 Å². The quantitative estimate of drug-likeness (QED) is 0.483. The largest absolute Gasteiger partial charge is 0.340 e. The summed E-state index contributed by atoms with van der Waals surface area (Å²) in [5.74, 6) is 1.29. The number of nitrogens with zero attached hydrogens (tertiary/aromatic N) is 2. The van der Waals surface area contributed by atoms with E-state index in [1.165, 1.54) is 26.0 Å². The molecule has 1 aliphatic carbocycles. The number of aromatic nitrogens is 2. The predicted octanol–water partition coefficient (Wildman–Crippen LogP) is 4.96. The van der Waals surface area contributed by atoms with Crippen LogP contribution in [0.2, 0.25) is 0 Å². The molecule has 1 aromatic carbocycles. The van der Waals surface area contributed by atoms with Gasteiger partial charge in [-0.1, -0.05) is 24.3 Å². The molecule has 2 aromatic heterocycles. The van der Waals surface area contributed by atoms with E-state index in [2.05, 4.69) is 16.4 Å². The summed E-state index contributed by atoms with van der Waals surface area (Å²) >= 11 is 0. The van der Waals surface area contributed by atoms with Crippen molar-refractivity contribution in [3.63, 3.8) is 0 Å². The molecule has 3 aromatic rings. The van der Waals surface area contributed by atoms with E-state index < -0.39 is 0 Å². The summed E-state index contributed by atoms with van der Waals surface area (Å²) in [7, 11) is 0. The van der Waals surface area contributed by atoms with Crippen LogP contribution in [0.25, 0.3) is 11.3 Å². The minimum atomic E-state index is -0.0626. The molecule has 27 heavy (non-hydrogen) atoms. The topological polar surface area (TPSA) is 78.7 Å². The Labute approximate surface area is 158 Å². The average molecular weight is 356 g/mol. The molecule has 0 aliphatic heterocycles. The normalized spacial score (nSPS) is 13.2. The van der Waals surface area contributed by atoms with E-state index >= 15 is 0 Å². The number of benzene rings is 1. The maximum atomic E-state index is 11.6. The van der Waals surface area contributed by atoms with E-state index in [1.807, 2.05) is 42.5 Å². The lowest BCUT2D eigenvalue weighted by molar-refractivity contribution is 0.101. The molecular weight excluding hydrogens is 336 g/mol. The van der Waals surface area contributed by atoms with Crippen LogP contribution in [0.1, 0.15) is 47.4 Å². The van der Waals surface area contributed by atoms with Gasteiger partial charge in [0, 0.05) is 41.6 Å². The van der Waals surface area contributed by atoms with Crippen LogP contribution in [0.3, 0.4) is 0 Å². The van der Waals surface area contributed by atoms with E-state index in [-0.39, 0.29) is 5.78 Å². The number of nitrogens with one attached hydrogen (secondary N) is 2. The summed E-state index contributed by atoms with van der Waals surface area (Å²) in [5, 5.41) is 11.0. The highest BCUT2D eigenvalue weighted by atomic mass is 16.1. The van der Waals surface area contributed by atoms with E-state index in [9.17, 15) is 4.79 Å². The van der Waals surface area contributed by atoms with Crippen molar-refractivity contribution in [3.05, 3.63) is 71.5 Å². The fourth-order valence-corrected chi connectivity index (χ4v) is 3.01. The number of carbonyl (C=O) groups is 1. The number of pyridine rings is 2. The highest BCUT2D eigenvalue weighted by Crippen LogP contribution is 2.39. The van der Waals surface area contributed by atoms with Gasteiger partial charge < -0.3 is 10.7 Å². The maximum absolute atomic E-state index is 11.6. The first-order chi connectivity index (χ1) is 13.1. The Balaban J connectivity index is 1.69. The molecule has 0 spiro atoms. The summed E-state index contributed by atoms with van der Waals surface area (Å²) in [4.78, 5) is 20.8. The Kier molecular flexibility index (Phi) is 4.50. The standard InChI is InChI=1S/C22H20N4O/c1-14(27)18-4-2-5-20(24-18)16-10-11-17(13-23)21(12-16)26-22-7-3-6-19(25-22)15-8-9-15/h2-7,10-13,15,23H,8-9H2,1H3,(H,25,26). The van der Waals surface area contributed by atoms with Crippen LogP contribution in [0.5, 0.6) is 0 Å². The molecule has 4 rings (SSSR count). The van der Waals surface area contributed by atoms with Gasteiger partial charge in [-0.15, -0.1) is 0 Å². The third-order valence-corrected chi connectivity index (χ3v) is 4.64. The zero-order chi connectivity index (χ0) is 18.8. The fourth-order valence-electron chi connectivity index (χ4n) is 3.01. The molecule has 2 heterocycles. The van der Waals surface area contributed by atoms with Crippen LogP contribution in [0, 0.1) is 5.41 Å². The van der Waals surface area contributed by atoms with Gasteiger partial charge in [-0.3, -0.25) is 4.79 Å². The van der Waals surface area contributed by atoms with E-state index in [0.717, 1.165) is 34.0 Å². The number of hydrogen-bond acceptors (Lipinski definition) is 5. The molecule has 0 atom stereocenters. The second-order valence-corrected chi connectivity index (χ2v) is 6.76. The highest BCUT2D eigenvalue weighted by molar-refractivity contribution is 5.93. The SMILES string of the molecule is CC(=O)c1cccc(-c2ccc(C=N)c(Nc3cccc(C4CC4)n3)c2)n1. The summed E-state index contributed by atoms with van der Waals surface area (Å²) in [6, 6.07) is 17.1. The Morgan fingerprint density at radius 3 is 2.67 bits per heavy atom. The average Bonchev–Trinajstić information content (AvgIpc) is 3.54. The van der Waals surface area contributed by atoms with Gasteiger partial charge in [-0.05, 0) is 43.2 Å². The Morgan fingerprint density at radius 1 is 1.11 bits per heavy atom. The van der Waals surface area contributed by atoms with E-state index in [4.69, 9.17) is 10.4 Å². The van der Waals surface area contributed by atoms with Gasteiger partial charge in [0.2, 0.25) is 0 Å². The van der Waals surface area contributed by atoms with Crippen molar-refractivity contribution in [2.24, 2.45) is 0 Å². The molecule has 2 N–H and O–H groups in total. The van der Waals surface area contributed by atoms with Crippen molar-refractivity contribution in [3.8, 4) is 11.3 Å². The summed E-state index contributed by atoms with van der Waals surface area (Å²) in [6.07, 6.45) is 3.72. The molecule has 134 valence electrons. The van der Waals surface area contributed by atoms with Crippen LogP contribution in [-0.4, -0.2) is 22.0 Å². The summed E-state index contributed by atoms with van der Waals surface area (Å²) in [6.45, 7) is 1.51. The molecule has 1 saturated carbocycles. The number of ketones is 1. The van der Waals surface area contributed by atoms with E-state index in [1.54, 1.807) is 6.07 Å². The van der Waals surface area contributed by atoms with Crippen LogP contribution >= 0.6 is 0 Å². The Morgan fingerprint density at radius 2 is 1.93 bits per heavy atom. The minimum absolute atomic E-state index is 0.0626. The molecule has 1 fully saturated rings. The lowest BCUT2D eigenvalue weighted by atomic mass is 10.1. The van der Waals surface area contributed by atoms with Crippen LogP contribution in [-0.2, 0) is 0 Å². The smallest absolute Gasteiger partial charge is 0.178 e. The number of Topliss-reactive ketones (excluding diaryl/α,β-unsaturated/α-hetero) is 1. The minimum Gasteiger partial charge on any atom is -0.340 e. The van der Waals surface area contributed by atoms with E-state index in [0.29, 0.717) is 11.6 Å². The van der Waals surface area contributed by atoms with Gasteiger partial charge in [0.25, 0.3) is 0 Å². The van der Waals surface area contributed by atoms with Gasteiger partial charge in [-0.25, -0.2) is 9.97 Å². The zero-order valence-electron chi connectivity index (χ0n) is 15.1. The fraction of sp³-hybridized carbons (Fsp3) is 0.182. The van der Waals surface area contributed by atoms with Crippen molar-refractivity contribution in [2.75, 3.05) is 5.32 Å². The lowest BCUT2D eigenvalue weighted by Gasteiger charge is -2.12. The van der Waals surface area contributed by atoms with Crippen LogP contribution in [0.4, 0.5) is 11.5 Å². The van der Waals surface area contributed by atoms with Crippen molar-refractivity contribution < 1.29 is 4.79 Å². The number of anilines is 2. The highest BCUT2D eigenvalue weighted by Gasteiger charge is 2.24. The third kappa shape index (κ3) is 3.77. The molecule has 5 nitrogen and oxygen atoms in total. The molecule has 0 radical (unpaired) electrons. The van der Waals surface area contributed by atoms with Gasteiger partial charge >= 0.3 is 0 Å². The first-order valence-electron chi connectivity index (χ1n) is 9.01. The molecule has 0 saturated heterocycles. The van der Waals surface area contributed by atoms with Gasteiger partial charge in [0.1, 0.15) is 11.5 Å². The molecule has 1 aliphatic rings. The maximum Gasteiger partial charge on any atom is 0.178 e. The van der Waals surface area contributed by atoms with Crippen molar-refractivity contribution in [1.82, 2.24) is 9.97 Å². The molecule has 0 bridgehead atoms. The number of hydrogen-bond donors (Lipinski definition) is 2. The van der Waals surface area contributed by atoms with Crippen molar-refractivity contribution in [2.45, 2.75) is 25.7 Å². The summed E-state index contributed by atoms with van der Waals surface area (Å²) < 4.78 is 0. The third-order valence-electron chi connectivity index (χ3n) is 4.64. The first kappa shape index (κ1) is 17.1. The molecular formula is C22H20N4O. The second kappa shape index (κ2) is 7.11. The first-order valence-corrected chi connectivity index (χ1v) is 9.01. The van der Waals surface area contributed by atoms with Gasteiger partial charge in [-0.2, -0.15) is 0 Å². The summed E-state index contributed by atoms with van der Waals surface area (Å²) in [5.41, 5.74) is 4.71. The number of rotatable bonds is 6. The molecule has 5 heteroatoms. The Hall–Kier alpha value is -3.34. The van der Waals surface area contributed by atoms with Gasteiger partial charge in [0.15, 0.2) is 5.78 Å². The monoisotopic (exact) mass is 356 g/mol. The predicted molar refractivity (Wildman–Crippen MR) is 107 cm³/mol. The van der Waals surface area contributed by atoms with Crippen LogP contribution in [0.15, 0.2) is 54.6 Å². The van der Waals surface area contributed by atoms with Crippen molar-refractivity contribution in [1.29, 1.82) is 5.41 Å². The van der Waals surface area contributed by atoms with Gasteiger partial charge in [0.05, 0.1) is 5.69 Å². The molecule has 0 amide bonds. The second-order valence-electron chi connectivity index (χ2n) is 6.76. The van der Waals surface area contributed by atoms with Crippen LogP contribution < -0.4 is 5.32 Å². The number of carbonyl (C=O) groups excluding carboxylic acids is 1. The zero-order valence-corrected chi connectivity index (χ0v) is 15.1.